The van der Waals surface area contributed by atoms with Crippen molar-refractivity contribution >= 4 is 0 Å². The maximum absolute atomic E-state index is 5.24. The molecule has 2 atom stereocenters. The Kier molecular flexibility index (Phi) is 8.83. The molecule has 0 saturated carbocycles. The fourth-order valence-corrected chi connectivity index (χ4v) is 2.40. The fourth-order valence-electron chi connectivity index (χ4n) is 2.40. The van der Waals surface area contributed by atoms with E-state index in [4.69, 9.17) is 4.74 Å². The molecule has 0 aromatic carbocycles. The standard InChI is InChI=1S/C15H34N2O/c1-8-9-15(5,11-16-13(2)3)12-17(6)14(4)10-18-7/h13-14,16H,8-12H2,1-7H3. The molecule has 0 heterocycles. The van der Waals surface area contributed by atoms with E-state index in [1.165, 1.54) is 12.8 Å². The summed E-state index contributed by atoms with van der Waals surface area (Å²) < 4.78 is 5.24. The lowest BCUT2D eigenvalue weighted by atomic mass is 9.84. The molecule has 1 N–H and O–H groups in total. The van der Waals surface area contributed by atoms with Crippen LogP contribution in [0.25, 0.3) is 0 Å². The average molecular weight is 258 g/mol. The molecule has 0 saturated heterocycles. The predicted octanol–water partition coefficient (Wildman–Crippen LogP) is 2.76. The molecule has 2 unspecified atom stereocenters. The zero-order valence-electron chi connectivity index (χ0n) is 13.5. The van der Waals surface area contributed by atoms with Crippen LogP contribution in [0.3, 0.4) is 0 Å². The van der Waals surface area contributed by atoms with E-state index in [-0.39, 0.29) is 0 Å². The van der Waals surface area contributed by atoms with Gasteiger partial charge in [-0.25, -0.2) is 0 Å². The van der Waals surface area contributed by atoms with Gasteiger partial charge in [0.05, 0.1) is 6.61 Å². The summed E-state index contributed by atoms with van der Waals surface area (Å²) in [4.78, 5) is 2.42. The minimum atomic E-state index is 0.343. The number of nitrogens with zero attached hydrogens (tertiary/aromatic N) is 1. The van der Waals surface area contributed by atoms with Crippen LogP contribution in [-0.4, -0.2) is 50.8 Å². The SMILES string of the molecule is CCCC(C)(CNC(C)C)CN(C)C(C)COC. The Balaban J connectivity index is 4.39. The van der Waals surface area contributed by atoms with Crippen molar-refractivity contribution in [2.45, 2.75) is 59.5 Å². The largest absolute Gasteiger partial charge is 0.383 e. The van der Waals surface area contributed by atoms with E-state index in [0.717, 1.165) is 19.7 Å². The van der Waals surface area contributed by atoms with E-state index in [9.17, 15) is 0 Å². The molecule has 3 heteroatoms. The van der Waals surface area contributed by atoms with Gasteiger partial charge in [-0.1, -0.05) is 34.1 Å². The van der Waals surface area contributed by atoms with E-state index in [1.54, 1.807) is 7.11 Å². The molecule has 0 bridgehead atoms. The molecule has 0 radical (unpaired) electrons. The average Bonchev–Trinajstić information content (AvgIpc) is 2.27. The molecule has 0 aromatic rings. The van der Waals surface area contributed by atoms with Crippen LogP contribution in [0.1, 0.15) is 47.5 Å². The summed E-state index contributed by atoms with van der Waals surface area (Å²) >= 11 is 0. The number of hydrogen-bond donors (Lipinski definition) is 1. The lowest BCUT2D eigenvalue weighted by Gasteiger charge is -2.37. The summed E-state index contributed by atoms with van der Waals surface area (Å²) in [6, 6.07) is 1.04. The van der Waals surface area contributed by atoms with Crippen LogP contribution in [0, 0.1) is 5.41 Å². The number of nitrogens with one attached hydrogen (secondary N) is 1. The molecule has 0 fully saturated rings. The van der Waals surface area contributed by atoms with Gasteiger partial charge in [-0.2, -0.15) is 0 Å². The van der Waals surface area contributed by atoms with Crippen molar-refractivity contribution < 1.29 is 4.74 Å². The van der Waals surface area contributed by atoms with Gasteiger partial charge >= 0.3 is 0 Å². The first-order valence-corrected chi connectivity index (χ1v) is 7.27. The Morgan fingerprint density at radius 1 is 1.28 bits per heavy atom. The molecule has 0 aliphatic heterocycles. The van der Waals surface area contributed by atoms with Gasteiger partial charge in [0.2, 0.25) is 0 Å². The lowest BCUT2D eigenvalue weighted by Crippen LogP contribution is -2.46. The Labute approximate surface area is 114 Å². The van der Waals surface area contributed by atoms with Gasteiger partial charge in [0.15, 0.2) is 0 Å². The highest BCUT2D eigenvalue weighted by Gasteiger charge is 2.26. The van der Waals surface area contributed by atoms with Crippen LogP contribution in [0.15, 0.2) is 0 Å². The lowest BCUT2D eigenvalue weighted by molar-refractivity contribution is 0.0810. The number of methoxy groups -OCH3 is 1. The zero-order chi connectivity index (χ0) is 14.2. The normalized spacial score (nSPS) is 17.2. The second kappa shape index (κ2) is 8.89. The molecule has 0 aliphatic rings. The summed E-state index contributed by atoms with van der Waals surface area (Å²) in [5.74, 6) is 0. The fraction of sp³-hybridized carbons (Fsp3) is 1.00. The molecule has 0 aromatic heterocycles. The van der Waals surface area contributed by atoms with Crippen LogP contribution in [0.4, 0.5) is 0 Å². The smallest absolute Gasteiger partial charge is 0.0615 e. The molecule has 0 spiro atoms. The highest BCUT2D eigenvalue weighted by molar-refractivity contribution is 4.82. The number of ether oxygens (including phenoxy) is 1. The Hall–Kier alpha value is -0.120. The Bertz CT molecular complexity index is 209. The van der Waals surface area contributed by atoms with Crippen LogP contribution < -0.4 is 5.32 Å². The molecule has 110 valence electrons. The molecule has 0 amide bonds. The Morgan fingerprint density at radius 3 is 2.33 bits per heavy atom. The van der Waals surface area contributed by atoms with Gasteiger partial charge in [0.1, 0.15) is 0 Å². The van der Waals surface area contributed by atoms with Crippen molar-refractivity contribution in [2.24, 2.45) is 5.41 Å². The predicted molar refractivity (Wildman–Crippen MR) is 80.1 cm³/mol. The summed E-state index contributed by atoms with van der Waals surface area (Å²) in [6.07, 6.45) is 2.50. The van der Waals surface area contributed by atoms with E-state index in [0.29, 0.717) is 17.5 Å². The maximum Gasteiger partial charge on any atom is 0.0615 e. The minimum Gasteiger partial charge on any atom is -0.383 e. The summed E-state index contributed by atoms with van der Waals surface area (Å²) in [5, 5.41) is 3.59. The Morgan fingerprint density at radius 2 is 1.89 bits per heavy atom. The highest BCUT2D eigenvalue weighted by Crippen LogP contribution is 2.24. The minimum absolute atomic E-state index is 0.343. The van der Waals surface area contributed by atoms with Gasteiger partial charge in [-0.3, -0.25) is 0 Å². The highest BCUT2D eigenvalue weighted by atomic mass is 16.5. The topological polar surface area (TPSA) is 24.5 Å². The van der Waals surface area contributed by atoms with Crippen molar-refractivity contribution in [3.63, 3.8) is 0 Å². The van der Waals surface area contributed by atoms with Gasteiger partial charge in [-0.05, 0) is 25.8 Å². The van der Waals surface area contributed by atoms with E-state index >= 15 is 0 Å². The number of hydrogen-bond acceptors (Lipinski definition) is 3. The third-order valence-electron chi connectivity index (χ3n) is 3.58. The molecule has 18 heavy (non-hydrogen) atoms. The monoisotopic (exact) mass is 258 g/mol. The first-order chi connectivity index (χ1) is 8.34. The van der Waals surface area contributed by atoms with Crippen molar-refractivity contribution in [3.8, 4) is 0 Å². The summed E-state index contributed by atoms with van der Waals surface area (Å²) in [5.41, 5.74) is 0.343. The van der Waals surface area contributed by atoms with Gasteiger partial charge in [0, 0.05) is 32.3 Å². The third kappa shape index (κ3) is 7.34. The van der Waals surface area contributed by atoms with Gasteiger partial charge < -0.3 is 15.0 Å². The molecular formula is C15H34N2O. The van der Waals surface area contributed by atoms with Crippen LogP contribution in [0.5, 0.6) is 0 Å². The molecular weight excluding hydrogens is 224 g/mol. The van der Waals surface area contributed by atoms with Gasteiger partial charge in [-0.15, -0.1) is 0 Å². The van der Waals surface area contributed by atoms with E-state index in [2.05, 4.69) is 51.9 Å². The van der Waals surface area contributed by atoms with Crippen molar-refractivity contribution in [1.29, 1.82) is 0 Å². The number of rotatable bonds is 10. The molecule has 0 aliphatic carbocycles. The molecule has 0 rings (SSSR count). The second-order valence-electron chi connectivity index (χ2n) is 6.32. The van der Waals surface area contributed by atoms with Crippen LogP contribution >= 0.6 is 0 Å². The van der Waals surface area contributed by atoms with E-state index < -0.39 is 0 Å². The quantitative estimate of drug-likeness (QED) is 0.652. The van der Waals surface area contributed by atoms with Crippen molar-refractivity contribution in [3.05, 3.63) is 0 Å². The maximum atomic E-state index is 5.24. The number of likely N-dealkylation sites (N-methyl/N-ethyl adjacent to an activating group) is 1. The van der Waals surface area contributed by atoms with Crippen LogP contribution in [-0.2, 0) is 4.74 Å². The first kappa shape index (κ1) is 17.9. The summed E-state index contributed by atoms with van der Waals surface area (Å²) in [7, 11) is 3.98. The zero-order valence-corrected chi connectivity index (χ0v) is 13.5. The second-order valence-corrected chi connectivity index (χ2v) is 6.32. The van der Waals surface area contributed by atoms with Crippen molar-refractivity contribution in [2.75, 3.05) is 33.9 Å². The van der Waals surface area contributed by atoms with E-state index in [1.807, 2.05) is 0 Å². The van der Waals surface area contributed by atoms with Crippen molar-refractivity contribution in [1.82, 2.24) is 10.2 Å². The molecule has 3 nitrogen and oxygen atoms in total. The first-order valence-electron chi connectivity index (χ1n) is 7.27. The van der Waals surface area contributed by atoms with Gasteiger partial charge in [0.25, 0.3) is 0 Å². The third-order valence-corrected chi connectivity index (χ3v) is 3.58. The van der Waals surface area contributed by atoms with Crippen LogP contribution in [0.2, 0.25) is 0 Å². The summed E-state index contributed by atoms with van der Waals surface area (Å²) in [6.45, 7) is 14.3.